The lowest BCUT2D eigenvalue weighted by Crippen LogP contribution is -2.41. The average molecular weight is 705 g/mol. The number of hydrogen-bond acceptors (Lipinski definition) is 9. The van der Waals surface area contributed by atoms with Crippen molar-refractivity contribution < 1.29 is 33.0 Å². The minimum absolute atomic E-state index is 0.0835. The fourth-order valence-electron chi connectivity index (χ4n) is 7.84. The van der Waals surface area contributed by atoms with Gasteiger partial charge < -0.3 is 33.0 Å². The summed E-state index contributed by atoms with van der Waals surface area (Å²) in [7, 11) is 2.94. The molecule has 11 nitrogen and oxygen atoms in total. The maximum absolute atomic E-state index is 14.0. The first-order chi connectivity index (χ1) is 25.3. The fraction of sp³-hybridized carbons (Fsp3) is 0.366. The van der Waals surface area contributed by atoms with Crippen molar-refractivity contribution >= 4 is 28.7 Å². The Balaban J connectivity index is 1.04. The van der Waals surface area contributed by atoms with Gasteiger partial charge in [-0.15, -0.1) is 0 Å². The summed E-state index contributed by atoms with van der Waals surface area (Å²) in [5.41, 5.74) is 3.06. The van der Waals surface area contributed by atoms with Crippen LogP contribution in [-0.4, -0.2) is 84.0 Å². The molecule has 0 N–H and O–H groups in total. The van der Waals surface area contributed by atoms with E-state index in [0.717, 1.165) is 62.1 Å². The molecule has 2 aliphatic rings. The molecular formula is C41H44N4O7. The molecule has 0 saturated carbocycles. The van der Waals surface area contributed by atoms with Gasteiger partial charge in [0, 0.05) is 36.9 Å². The summed E-state index contributed by atoms with van der Waals surface area (Å²) in [6.45, 7) is 5.36. The molecule has 11 heteroatoms. The number of esters is 1. The smallest absolute Gasteiger partial charge is 0.308 e. The van der Waals surface area contributed by atoms with Crippen molar-refractivity contribution in [2.45, 2.75) is 44.6 Å². The van der Waals surface area contributed by atoms with Gasteiger partial charge in [-0.3, -0.25) is 14.4 Å². The standard InChI is InChI=1S/C41H44N4O7/c1-28(46)52-36-25-30(24-35(49-2)38(36)50-3)40(48)44-22-18-41(27-44,31-10-5-4-6-11-31)17-21-43-19-15-29(16-20-43)37(47)39-42-33-13-7-8-14-34(33)45(39)26-32-12-9-23-51-32/h4-14,23-25,29H,15-22,26-27H2,1-3H3. The molecule has 5 aromatic rings. The minimum Gasteiger partial charge on any atom is -0.493 e. The molecule has 0 bridgehead atoms. The third kappa shape index (κ3) is 7.05. The number of carbonyl (C=O) groups excluding carboxylic acids is 3. The highest BCUT2D eigenvalue weighted by atomic mass is 16.6. The number of ether oxygens (including phenoxy) is 3. The van der Waals surface area contributed by atoms with Crippen LogP contribution in [0.3, 0.4) is 0 Å². The summed E-state index contributed by atoms with van der Waals surface area (Å²) in [6, 6.07) is 25.2. The van der Waals surface area contributed by atoms with Crippen LogP contribution in [0.2, 0.25) is 0 Å². The quantitative estimate of drug-likeness (QED) is 0.0828. The minimum atomic E-state index is -0.521. The number of rotatable bonds is 12. The molecule has 0 aliphatic carbocycles. The monoisotopic (exact) mass is 704 g/mol. The number of furan rings is 1. The molecule has 7 rings (SSSR count). The number of piperidine rings is 1. The summed E-state index contributed by atoms with van der Waals surface area (Å²) in [4.78, 5) is 48.9. The van der Waals surface area contributed by atoms with Gasteiger partial charge in [0.05, 0.1) is 38.1 Å². The highest BCUT2D eigenvalue weighted by Crippen LogP contribution is 2.42. The number of likely N-dealkylation sites (tertiary alicyclic amines) is 2. The molecule has 1 atom stereocenters. The Morgan fingerprint density at radius 2 is 1.65 bits per heavy atom. The number of carbonyl (C=O) groups is 3. The van der Waals surface area contributed by atoms with Crippen molar-refractivity contribution in [1.82, 2.24) is 19.4 Å². The van der Waals surface area contributed by atoms with E-state index in [-0.39, 0.29) is 34.5 Å². The Morgan fingerprint density at radius 3 is 2.37 bits per heavy atom. The SMILES string of the molecule is COc1cc(C(=O)N2CCC(CCN3CCC(C(=O)c4nc5ccccc5n4Cc4ccco4)CC3)(c3ccccc3)C2)cc(OC(C)=O)c1OC. The van der Waals surface area contributed by atoms with Crippen LogP contribution in [-0.2, 0) is 16.8 Å². The lowest BCUT2D eigenvalue weighted by molar-refractivity contribution is -0.132. The summed E-state index contributed by atoms with van der Waals surface area (Å²) in [6.07, 6.45) is 4.84. The second-order valence-electron chi connectivity index (χ2n) is 13.7. The zero-order chi connectivity index (χ0) is 36.2. The van der Waals surface area contributed by atoms with E-state index < -0.39 is 5.97 Å². The van der Waals surface area contributed by atoms with E-state index in [0.29, 0.717) is 36.8 Å². The van der Waals surface area contributed by atoms with Crippen LogP contribution in [0.4, 0.5) is 0 Å². The van der Waals surface area contributed by atoms with Gasteiger partial charge in [-0.1, -0.05) is 42.5 Å². The van der Waals surface area contributed by atoms with E-state index in [2.05, 4.69) is 29.2 Å². The number of fused-ring (bicyclic) bond motifs is 1. The zero-order valence-corrected chi connectivity index (χ0v) is 29.9. The second kappa shape index (κ2) is 15.1. The van der Waals surface area contributed by atoms with Gasteiger partial charge in [-0.05, 0) is 87.3 Å². The van der Waals surface area contributed by atoms with Crippen molar-refractivity contribution in [1.29, 1.82) is 0 Å². The highest BCUT2D eigenvalue weighted by Gasteiger charge is 2.42. The molecule has 3 aromatic carbocycles. The number of para-hydroxylation sites is 2. The zero-order valence-electron chi connectivity index (χ0n) is 29.9. The van der Waals surface area contributed by atoms with E-state index >= 15 is 0 Å². The number of nitrogens with zero attached hydrogens (tertiary/aromatic N) is 4. The molecule has 2 fully saturated rings. The van der Waals surface area contributed by atoms with E-state index in [1.165, 1.54) is 26.7 Å². The van der Waals surface area contributed by atoms with Crippen LogP contribution < -0.4 is 14.2 Å². The molecule has 4 heterocycles. The lowest BCUT2D eigenvalue weighted by Gasteiger charge is -2.36. The van der Waals surface area contributed by atoms with Crippen LogP contribution in [0.5, 0.6) is 17.2 Å². The summed E-state index contributed by atoms with van der Waals surface area (Å²) < 4.78 is 23.9. The van der Waals surface area contributed by atoms with Gasteiger partial charge in [0.25, 0.3) is 5.91 Å². The van der Waals surface area contributed by atoms with Crippen molar-refractivity contribution in [3.63, 3.8) is 0 Å². The van der Waals surface area contributed by atoms with Crippen LogP contribution in [0.1, 0.15) is 64.9 Å². The Hall–Kier alpha value is -5.42. The molecule has 2 saturated heterocycles. The molecule has 2 aromatic heterocycles. The maximum Gasteiger partial charge on any atom is 0.308 e. The van der Waals surface area contributed by atoms with E-state index in [4.69, 9.17) is 23.6 Å². The molecule has 2 aliphatic heterocycles. The predicted octanol–water partition coefficient (Wildman–Crippen LogP) is 6.39. The van der Waals surface area contributed by atoms with Crippen LogP contribution >= 0.6 is 0 Å². The van der Waals surface area contributed by atoms with Crippen molar-refractivity contribution in [3.05, 3.63) is 108 Å². The lowest BCUT2D eigenvalue weighted by atomic mass is 9.76. The average Bonchev–Trinajstić information content (AvgIpc) is 3.94. The number of imidazole rings is 1. The molecule has 0 spiro atoms. The first-order valence-corrected chi connectivity index (χ1v) is 17.8. The highest BCUT2D eigenvalue weighted by molar-refractivity contribution is 5.98. The summed E-state index contributed by atoms with van der Waals surface area (Å²) in [5, 5.41) is 0. The van der Waals surface area contributed by atoms with Crippen LogP contribution in [0, 0.1) is 5.92 Å². The molecule has 270 valence electrons. The first-order valence-electron chi connectivity index (χ1n) is 17.8. The van der Waals surface area contributed by atoms with Crippen LogP contribution in [0.25, 0.3) is 11.0 Å². The van der Waals surface area contributed by atoms with Gasteiger partial charge in [-0.2, -0.15) is 0 Å². The molecular weight excluding hydrogens is 660 g/mol. The summed E-state index contributed by atoms with van der Waals surface area (Å²) >= 11 is 0. The van der Waals surface area contributed by atoms with Gasteiger partial charge in [-0.25, -0.2) is 4.98 Å². The van der Waals surface area contributed by atoms with Crippen LogP contribution in [0.15, 0.2) is 89.5 Å². The van der Waals surface area contributed by atoms with Crippen molar-refractivity contribution in [2.75, 3.05) is 46.9 Å². The Bertz CT molecular complexity index is 2050. The fourth-order valence-corrected chi connectivity index (χ4v) is 7.84. The van der Waals surface area contributed by atoms with Gasteiger partial charge in [0.1, 0.15) is 5.76 Å². The number of amides is 1. The number of hydrogen-bond donors (Lipinski definition) is 0. The van der Waals surface area contributed by atoms with E-state index in [9.17, 15) is 14.4 Å². The Morgan fingerprint density at radius 1 is 0.904 bits per heavy atom. The normalized spacial score (nSPS) is 18.1. The number of Topliss-reactive ketones (excluding diaryl/α,β-unsaturated/α-hetero) is 1. The number of benzene rings is 3. The molecule has 1 unspecified atom stereocenters. The van der Waals surface area contributed by atoms with E-state index in [1.807, 2.05) is 51.9 Å². The number of aromatic nitrogens is 2. The van der Waals surface area contributed by atoms with Gasteiger partial charge in [0.15, 0.2) is 17.3 Å². The van der Waals surface area contributed by atoms with Gasteiger partial charge >= 0.3 is 5.97 Å². The molecule has 1 amide bonds. The Labute approximate surface area is 303 Å². The third-order valence-electron chi connectivity index (χ3n) is 10.6. The number of methoxy groups -OCH3 is 2. The first kappa shape index (κ1) is 35.0. The topological polar surface area (TPSA) is 116 Å². The largest absolute Gasteiger partial charge is 0.493 e. The third-order valence-corrected chi connectivity index (χ3v) is 10.6. The molecule has 52 heavy (non-hydrogen) atoms. The van der Waals surface area contributed by atoms with E-state index in [1.54, 1.807) is 18.4 Å². The van der Waals surface area contributed by atoms with Crippen molar-refractivity contribution in [2.24, 2.45) is 5.92 Å². The van der Waals surface area contributed by atoms with Gasteiger partial charge in [0.2, 0.25) is 11.5 Å². The summed E-state index contributed by atoms with van der Waals surface area (Å²) in [5.74, 6) is 1.28. The maximum atomic E-state index is 14.0. The van der Waals surface area contributed by atoms with Crippen molar-refractivity contribution in [3.8, 4) is 17.2 Å². The molecule has 0 radical (unpaired) electrons. The number of ketones is 1. The predicted molar refractivity (Wildman–Crippen MR) is 195 cm³/mol. The Kier molecular flexibility index (Phi) is 10.1. The second-order valence-corrected chi connectivity index (χ2v) is 13.7.